The molecule has 0 bridgehead atoms. The first-order valence-corrected chi connectivity index (χ1v) is 13.8. The number of fused-ring (bicyclic) bond motifs is 1. The Bertz CT molecular complexity index is 1240. The highest BCUT2D eigenvalue weighted by molar-refractivity contribution is 7.08. The van der Waals surface area contributed by atoms with Gasteiger partial charge in [0.2, 0.25) is 0 Å². The van der Waals surface area contributed by atoms with Crippen molar-refractivity contribution in [2.24, 2.45) is 5.41 Å². The van der Waals surface area contributed by atoms with Crippen LogP contribution in [0.5, 0.6) is 0 Å². The Labute approximate surface area is 213 Å². The molecule has 36 heavy (non-hydrogen) atoms. The third kappa shape index (κ3) is 4.09. The van der Waals surface area contributed by atoms with Gasteiger partial charge in [-0.15, -0.1) is 0 Å². The van der Waals surface area contributed by atoms with Crippen molar-refractivity contribution in [1.29, 1.82) is 0 Å². The summed E-state index contributed by atoms with van der Waals surface area (Å²) in [5.74, 6) is 0.197. The lowest BCUT2D eigenvalue weighted by atomic mass is 9.59. The fourth-order valence-corrected chi connectivity index (χ4v) is 7.35. The summed E-state index contributed by atoms with van der Waals surface area (Å²) in [5, 5.41) is 27.2. The number of rotatable bonds is 4. The number of thiophene rings is 1. The van der Waals surface area contributed by atoms with E-state index < -0.39 is 23.9 Å². The van der Waals surface area contributed by atoms with Crippen molar-refractivity contribution in [2.75, 3.05) is 0 Å². The summed E-state index contributed by atoms with van der Waals surface area (Å²) in [6.07, 6.45) is 2.83. The molecule has 3 aliphatic rings. The van der Waals surface area contributed by atoms with Crippen molar-refractivity contribution in [2.45, 2.75) is 82.1 Å². The molecule has 2 aromatic heterocycles. The van der Waals surface area contributed by atoms with E-state index in [9.17, 15) is 23.4 Å². The van der Waals surface area contributed by atoms with E-state index in [0.29, 0.717) is 17.5 Å². The second-order valence-electron chi connectivity index (χ2n) is 10.9. The maximum Gasteiger partial charge on any atom is 0.416 e. The molecule has 0 radical (unpaired) electrons. The molecular weight excluding hydrogens is 483 g/mol. The van der Waals surface area contributed by atoms with Gasteiger partial charge >= 0.3 is 6.18 Å². The molecule has 3 aliphatic carbocycles. The Kier molecular flexibility index (Phi) is 6.01. The Morgan fingerprint density at radius 3 is 2.33 bits per heavy atom. The predicted molar refractivity (Wildman–Crippen MR) is 134 cm³/mol. The smallest absolute Gasteiger partial charge is 0.388 e. The molecule has 2 heterocycles. The number of halogens is 3. The van der Waals surface area contributed by atoms with Gasteiger partial charge in [-0.05, 0) is 89.6 Å². The molecule has 1 spiro atoms. The van der Waals surface area contributed by atoms with E-state index in [0.717, 1.165) is 85.2 Å². The highest BCUT2D eigenvalue weighted by Gasteiger charge is 2.46. The van der Waals surface area contributed by atoms with Gasteiger partial charge in [0.05, 0.1) is 17.4 Å². The van der Waals surface area contributed by atoms with E-state index in [-0.39, 0.29) is 11.3 Å². The molecule has 3 aromatic rings. The Hall–Kier alpha value is -2.22. The summed E-state index contributed by atoms with van der Waals surface area (Å²) in [6.45, 7) is 0. The molecule has 2 saturated carbocycles. The number of alkyl halides is 3. The van der Waals surface area contributed by atoms with Crippen molar-refractivity contribution in [1.82, 2.24) is 4.98 Å². The van der Waals surface area contributed by atoms with Crippen LogP contribution in [0.25, 0.3) is 11.1 Å². The predicted octanol–water partition coefficient (Wildman–Crippen LogP) is 7.72. The van der Waals surface area contributed by atoms with Crippen LogP contribution in [0.4, 0.5) is 13.2 Å². The maximum atomic E-state index is 13.2. The van der Waals surface area contributed by atoms with Crippen molar-refractivity contribution in [3.8, 4) is 11.1 Å². The van der Waals surface area contributed by atoms with Crippen LogP contribution in [0, 0.1) is 5.41 Å². The number of pyridine rings is 1. The van der Waals surface area contributed by atoms with Crippen LogP contribution in [0.2, 0.25) is 0 Å². The normalized spacial score (nSPS) is 22.4. The quantitative estimate of drug-likeness (QED) is 0.376. The zero-order chi connectivity index (χ0) is 25.1. The lowest BCUT2D eigenvalue weighted by Gasteiger charge is -2.47. The van der Waals surface area contributed by atoms with Gasteiger partial charge in [-0.2, -0.15) is 24.5 Å². The van der Waals surface area contributed by atoms with Crippen LogP contribution in [0.1, 0.15) is 103 Å². The first kappa shape index (κ1) is 24.1. The molecule has 2 N–H and O–H groups in total. The Morgan fingerprint density at radius 1 is 1.03 bits per heavy atom. The van der Waals surface area contributed by atoms with Crippen molar-refractivity contribution in [3.05, 3.63) is 74.7 Å². The van der Waals surface area contributed by atoms with Crippen LogP contribution in [-0.2, 0) is 12.6 Å². The number of aliphatic hydroxyl groups is 2. The summed E-state index contributed by atoms with van der Waals surface area (Å²) in [4.78, 5) is 5.20. The summed E-state index contributed by atoms with van der Waals surface area (Å²) in [5.41, 5.74) is 4.81. The van der Waals surface area contributed by atoms with Crippen LogP contribution in [0.3, 0.4) is 0 Å². The van der Waals surface area contributed by atoms with Crippen LogP contribution in [0.15, 0.2) is 41.1 Å². The molecule has 190 valence electrons. The van der Waals surface area contributed by atoms with E-state index in [1.165, 1.54) is 18.6 Å². The molecule has 7 heteroatoms. The molecule has 0 aliphatic heterocycles. The zero-order valence-corrected chi connectivity index (χ0v) is 20.8. The fourth-order valence-electron chi connectivity index (χ4n) is 6.70. The Balaban J connectivity index is 1.56. The minimum atomic E-state index is -4.44. The zero-order valence-electron chi connectivity index (χ0n) is 20.0. The summed E-state index contributed by atoms with van der Waals surface area (Å²) < 4.78 is 39.6. The lowest BCUT2D eigenvalue weighted by Crippen LogP contribution is -2.38. The van der Waals surface area contributed by atoms with E-state index in [2.05, 4.69) is 0 Å². The lowest BCUT2D eigenvalue weighted by molar-refractivity contribution is -0.137. The topological polar surface area (TPSA) is 53.4 Å². The highest BCUT2D eigenvalue weighted by atomic mass is 32.1. The Morgan fingerprint density at radius 2 is 1.75 bits per heavy atom. The van der Waals surface area contributed by atoms with Gasteiger partial charge in [-0.3, -0.25) is 4.98 Å². The van der Waals surface area contributed by atoms with Crippen molar-refractivity contribution >= 4 is 11.3 Å². The standard InChI is InChI=1S/C29H30F3NO2S/c30-29(31,32)20-8-6-18(7-9-20)27(35)25-23(19-10-13-36-16-19)24-21(33-26(25)17-4-1-2-5-17)14-28(11-3-12-28)15-22(24)34/h6-10,13,16-17,22,27,34-35H,1-5,11-12,14-15H2/t22-,27-/m0/s1. The molecular formula is C29H30F3NO2S. The van der Waals surface area contributed by atoms with E-state index >= 15 is 0 Å². The molecule has 0 amide bonds. The molecule has 6 rings (SSSR count). The van der Waals surface area contributed by atoms with Gasteiger partial charge < -0.3 is 10.2 Å². The monoisotopic (exact) mass is 513 g/mol. The van der Waals surface area contributed by atoms with E-state index in [4.69, 9.17) is 4.98 Å². The molecule has 0 unspecified atom stereocenters. The second-order valence-corrected chi connectivity index (χ2v) is 11.7. The van der Waals surface area contributed by atoms with Gasteiger partial charge in [-0.25, -0.2) is 0 Å². The number of hydrogen-bond donors (Lipinski definition) is 2. The van der Waals surface area contributed by atoms with Gasteiger partial charge in [0.1, 0.15) is 6.10 Å². The van der Waals surface area contributed by atoms with Gasteiger partial charge in [-0.1, -0.05) is 31.4 Å². The second kappa shape index (κ2) is 8.96. The highest BCUT2D eigenvalue weighted by Crippen LogP contribution is 2.56. The summed E-state index contributed by atoms with van der Waals surface area (Å²) in [6, 6.07) is 6.78. The van der Waals surface area contributed by atoms with Crippen molar-refractivity contribution in [3.63, 3.8) is 0 Å². The fraction of sp³-hybridized carbons (Fsp3) is 0.483. The molecule has 2 fully saturated rings. The molecule has 2 atom stereocenters. The SMILES string of the molecule is O[C@@H](c1ccc(C(F)(F)F)cc1)c1c(C2CCCC2)nc2c(c1-c1ccsc1)[C@@H](O)CC1(CCC1)C2. The number of benzene rings is 1. The minimum absolute atomic E-state index is 0.117. The largest absolute Gasteiger partial charge is 0.416 e. The molecule has 1 aromatic carbocycles. The van der Waals surface area contributed by atoms with Gasteiger partial charge in [0.15, 0.2) is 0 Å². The third-order valence-electron chi connectivity index (χ3n) is 8.68. The third-order valence-corrected chi connectivity index (χ3v) is 9.36. The number of nitrogens with zero attached hydrogens (tertiary/aromatic N) is 1. The molecule has 0 saturated heterocycles. The summed E-state index contributed by atoms with van der Waals surface area (Å²) >= 11 is 1.55. The maximum absolute atomic E-state index is 13.2. The molecule has 3 nitrogen and oxygen atoms in total. The van der Waals surface area contributed by atoms with Gasteiger partial charge in [0.25, 0.3) is 0 Å². The number of hydrogen-bond acceptors (Lipinski definition) is 4. The average Bonchev–Trinajstić information content (AvgIpc) is 3.55. The number of aromatic nitrogens is 1. The van der Waals surface area contributed by atoms with Crippen LogP contribution >= 0.6 is 11.3 Å². The van der Waals surface area contributed by atoms with Crippen LogP contribution < -0.4 is 0 Å². The van der Waals surface area contributed by atoms with E-state index in [1.807, 2.05) is 16.8 Å². The first-order valence-electron chi connectivity index (χ1n) is 12.9. The van der Waals surface area contributed by atoms with Crippen LogP contribution in [-0.4, -0.2) is 15.2 Å². The first-order chi connectivity index (χ1) is 17.3. The minimum Gasteiger partial charge on any atom is -0.388 e. The number of aliphatic hydroxyl groups excluding tert-OH is 2. The average molecular weight is 514 g/mol. The summed E-state index contributed by atoms with van der Waals surface area (Å²) in [7, 11) is 0. The van der Waals surface area contributed by atoms with E-state index in [1.54, 1.807) is 11.3 Å². The van der Waals surface area contributed by atoms with Crippen molar-refractivity contribution < 1.29 is 23.4 Å². The van der Waals surface area contributed by atoms with Gasteiger partial charge in [0, 0.05) is 22.7 Å².